The van der Waals surface area contributed by atoms with Gasteiger partial charge in [0.2, 0.25) is 0 Å². The molecule has 0 radical (unpaired) electrons. The van der Waals surface area contributed by atoms with Crippen molar-refractivity contribution in [3.05, 3.63) is 35.4 Å². The number of hydrogen-bond acceptors (Lipinski definition) is 3. The largest absolute Gasteiger partial charge is 0.480 e. The first-order chi connectivity index (χ1) is 6.72. The second kappa shape index (κ2) is 5.00. The summed E-state index contributed by atoms with van der Waals surface area (Å²) in [5.74, 6) is -0.876. The quantitative estimate of drug-likeness (QED) is 0.734. The summed E-state index contributed by atoms with van der Waals surface area (Å²) in [6, 6.07) is 9.02. The third kappa shape index (κ3) is 3.25. The minimum Gasteiger partial charge on any atom is -0.480 e. The maximum atomic E-state index is 10.2. The summed E-state index contributed by atoms with van der Waals surface area (Å²) >= 11 is 0. The number of aliphatic carboxylic acids is 1. The van der Waals surface area contributed by atoms with Crippen LogP contribution in [-0.4, -0.2) is 17.6 Å². The number of hydrogen-bond donors (Lipinski definition) is 2. The standard InChI is InChI=1S/C10H10N2O2/c11-5-8-1-3-9(4-2-8)6-12-7-10(13)14/h1-4,12H,6-7H2,(H,13,14). The summed E-state index contributed by atoms with van der Waals surface area (Å²) in [4.78, 5) is 10.2. The number of nitriles is 1. The van der Waals surface area contributed by atoms with E-state index in [0.717, 1.165) is 5.56 Å². The summed E-state index contributed by atoms with van der Waals surface area (Å²) in [5.41, 5.74) is 1.57. The first-order valence-electron chi connectivity index (χ1n) is 4.14. The Morgan fingerprint density at radius 2 is 2.07 bits per heavy atom. The van der Waals surface area contributed by atoms with E-state index in [1.807, 2.05) is 6.07 Å². The lowest BCUT2D eigenvalue weighted by molar-refractivity contribution is -0.135. The molecule has 0 fully saturated rings. The number of nitrogens with one attached hydrogen (secondary N) is 1. The van der Waals surface area contributed by atoms with Gasteiger partial charge in [-0.2, -0.15) is 5.26 Å². The van der Waals surface area contributed by atoms with Crippen LogP contribution in [0.3, 0.4) is 0 Å². The van der Waals surface area contributed by atoms with Gasteiger partial charge in [-0.1, -0.05) is 12.1 Å². The van der Waals surface area contributed by atoms with E-state index in [4.69, 9.17) is 10.4 Å². The highest BCUT2D eigenvalue weighted by Gasteiger charge is 1.96. The molecule has 0 saturated carbocycles. The van der Waals surface area contributed by atoms with Gasteiger partial charge >= 0.3 is 5.97 Å². The Hall–Kier alpha value is -1.86. The summed E-state index contributed by atoms with van der Waals surface area (Å²) in [6.45, 7) is 0.442. The van der Waals surface area contributed by atoms with Crippen LogP contribution in [0.5, 0.6) is 0 Å². The molecule has 1 rings (SSSR count). The van der Waals surface area contributed by atoms with Gasteiger partial charge in [-0.3, -0.25) is 4.79 Å². The lowest BCUT2D eigenvalue weighted by Gasteiger charge is -2.01. The van der Waals surface area contributed by atoms with Gasteiger partial charge < -0.3 is 10.4 Å². The summed E-state index contributed by atoms with van der Waals surface area (Å²) in [5, 5.41) is 19.7. The highest BCUT2D eigenvalue weighted by atomic mass is 16.4. The number of nitrogens with zero attached hydrogens (tertiary/aromatic N) is 1. The van der Waals surface area contributed by atoms with Crippen molar-refractivity contribution in [1.29, 1.82) is 5.26 Å². The van der Waals surface area contributed by atoms with Crippen LogP contribution in [0.15, 0.2) is 24.3 Å². The molecule has 0 aliphatic carbocycles. The Labute approximate surface area is 81.8 Å². The number of rotatable bonds is 4. The molecule has 0 heterocycles. The Morgan fingerprint density at radius 3 is 2.57 bits per heavy atom. The fraction of sp³-hybridized carbons (Fsp3) is 0.200. The molecule has 0 aliphatic heterocycles. The Morgan fingerprint density at radius 1 is 1.43 bits per heavy atom. The van der Waals surface area contributed by atoms with E-state index < -0.39 is 5.97 Å². The van der Waals surface area contributed by atoms with E-state index in [2.05, 4.69) is 5.32 Å². The van der Waals surface area contributed by atoms with Gasteiger partial charge in [0.25, 0.3) is 0 Å². The van der Waals surface area contributed by atoms with Crippen LogP contribution in [0.2, 0.25) is 0 Å². The van der Waals surface area contributed by atoms with E-state index >= 15 is 0 Å². The molecule has 0 spiro atoms. The molecule has 4 heteroatoms. The zero-order valence-corrected chi connectivity index (χ0v) is 7.53. The molecule has 4 nitrogen and oxygen atoms in total. The minimum absolute atomic E-state index is 0.0556. The molecule has 0 saturated heterocycles. The van der Waals surface area contributed by atoms with E-state index in [-0.39, 0.29) is 6.54 Å². The molecule has 2 N–H and O–H groups in total. The molecular weight excluding hydrogens is 180 g/mol. The van der Waals surface area contributed by atoms with Gasteiger partial charge in [-0.05, 0) is 17.7 Å². The Kier molecular flexibility index (Phi) is 3.65. The average Bonchev–Trinajstić information content (AvgIpc) is 2.18. The van der Waals surface area contributed by atoms with E-state index in [9.17, 15) is 4.79 Å². The van der Waals surface area contributed by atoms with Crippen LogP contribution in [0.1, 0.15) is 11.1 Å². The molecule has 72 valence electrons. The molecule has 1 aromatic rings. The van der Waals surface area contributed by atoms with Gasteiger partial charge in [0.15, 0.2) is 0 Å². The van der Waals surface area contributed by atoms with Crippen LogP contribution < -0.4 is 5.32 Å². The molecule has 1 aromatic carbocycles. The highest BCUT2D eigenvalue weighted by Crippen LogP contribution is 2.02. The maximum absolute atomic E-state index is 10.2. The Balaban J connectivity index is 2.45. The third-order valence-corrected chi connectivity index (χ3v) is 1.69. The summed E-state index contributed by atoms with van der Waals surface area (Å²) in [6.07, 6.45) is 0. The number of carbonyl (C=O) groups is 1. The summed E-state index contributed by atoms with van der Waals surface area (Å²) < 4.78 is 0. The lowest BCUT2D eigenvalue weighted by atomic mass is 10.1. The normalized spacial score (nSPS) is 9.36. The van der Waals surface area contributed by atoms with Gasteiger partial charge in [-0.15, -0.1) is 0 Å². The number of carboxylic acid groups (broad SMARTS) is 1. The fourth-order valence-corrected chi connectivity index (χ4v) is 1.01. The van der Waals surface area contributed by atoms with Crippen molar-refractivity contribution >= 4 is 5.97 Å². The van der Waals surface area contributed by atoms with Crippen LogP contribution >= 0.6 is 0 Å². The van der Waals surface area contributed by atoms with Crippen molar-refractivity contribution in [2.45, 2.75) is 6.54 Å². The van der Waals surface area contributed by atoms with Gasteiger partial charge in [0.1, 0.15) is 0 Å². The predicted octanol–water partition coefficient (Wildman–Crippen LogP) is 0.732. The zero-order chi connectivity index (χ0) is 10.4. The van der Waals surface area contributed by atoms with Crippen LogP contribution in [0.4, 0.5) is 0 Å². The SMILES string of the molecule is N#Cc1ccc(CNCC(=O)O)cc1. The van der Waals surface area contributed by atoms with Gasteiger partial charge in [0, 0.05) is 6.54 Å². The van der Waals surface area contributed by atoms with E-state index in [0.29, 0.717) is 12.1 Å². The van der Waals surface area contributed by atoms with E-state index in [1.54, 1.807) is 24.3 Å². The lowest BCUT2D eigenvalue weighted by Crippen LogP contribution is -2.21. The summed E-state index contributed by atoms with van der Waals surface area (Å²) in [7, 11) is 0. The fourth-order valence-electron chi connectivity index (χ4n) is 1.01. The monoisotopic (exact) mass is 190 g/mol. The van der Waals surface area contributed by atoms with Crippen LogP contribution in [-0.2, 0) is 11.3 Å². The van der Waals surface area contributed by atoms with Crippen LogP contribution in [0, 0.1) is 11.3 Å². The van der Waals surface area contributed by atoms with Crippen molar-refractivity contribution in [2.75, 3.05) is 6.54 Å². The molecule has 0 unspecified atom stereocenters. The zero-order valence-electron chi connectivity index (χ0n) is 7.53. The van der Waals surface area contributed by atoms with Gasteiger partial charge in [-0.25, -0.2) is 0 Å². The molecule has 0 aliphatic rings. The molecule has 0 atom stereocenters. The first kappa shape index (κ1) is 10.2. The maximum Gasteiger partial charge on any atom is 0.317 e. The van der Waals surface area contributed by atoms with Crippen molar-refractivity contribution in [1.82, 2.24) is 5.32 Å². The highest BCUT2D eigenvalue weighted by molar-refractivity contribution is 5.68. The molecular formula is C10H10N2O2. The predicted molar refractivity (Wildman–Crippen MR) is 50.5 cm³/mol. The molecule has 14 heavy (non-hydrogen) atoms. The Bertz CT molecular complexity index is 351. The second-order valence-electron chi connectivity index (χ2n) is 2.81. The third-order valence-electron chi connectivity index (χ3n) is 1.69. The minimum atomic E-state index is -0.876. The molecule has 0 aromatic heterocycles. The topological polar surface area (TPSA) is 73.1 Å². The van der Waals surface area contributed by atoms with E-state index in [1.165, 1.54) is 0 Å². The molecule has 0 amide bonds. The first-order valence-corrected chi connectivity index (χ1v) is 4.14. The van der Waals surface area contributed by atoms with Crippen molar-refractivity contribution in [3.8, 4) is 6.07 Å². The van der Waals surface area contributed by atoms with Crippen LogP contribution in [0.25, 0.3) is 0 Å². The van der Waals surface area contributed by atoms with Crippen molar-refractivity contribution in [2.24, 2.45) is 0 Å². The number of carboxylic acids is 1. The van der Waals surface area contributed by atoms with Crippen molar-refractivity contribution < 1.29 is 9.90 Å². The number of benzene rings is 1. The molecule has 0 bridgehead atoms. The second-order valence-corrected chi connectivity index (χ2v) is 2.81. The van der Waals surface area contributed by atoms with Gasteiger partial charge in [0.05, 0.1) is 18.2 Å². The van der Waals surface area contributed by atoms with Crippen molar-refractivity contribution in [3.63, 3.8) is 0 Å². The smallest absolute Gasteiger partial charge is 0.317 e. The average molecular weight is 190 g/mol.